The van der Waals surface area contributed by atoms with Gasteiger partial charge < -0.3 is 30.1 Å². The minimum Gasteiger partial charge on any atom is -0.393 e. The molecule has 0 rings (SSSR count). The highest BCUT2D eigenvalue weighted by Crippen LogP contribution is 2.24. The lowest BCUT2D eigenvalue weighted by atomic mass is 9.89. The molecule has 3 N–H and O–H groups in total. The molecule has 8 heteroatoms. The largest absolute Gasteiger partial charge is 0.393 e. The number of nitrogens with zero attached hydrogens (tertiary/aromatic N) is 2. The van der Waals surface area contributed by atoms with Crippen LogP contribution in [-0.4, -0.2) is 89.6 Å². The number of nitrogens with one attached hydrogen (secondary N) is 1. The van der Waals surface area contributed by atoms with E-state index in [9.17, 15) is 24.6 Å². The van der Waals surface area contributed by atoms with E-state index < -0.39 is 30.3 Å². The number of carbonyl (C=O) groups excluding carboxylic acids is 3. The predicted octanol–water partition coefficient (Wildman–Crippen LogP) is 2.85. The summed E-state index contributed by atoms with van der Waals surface area (Å²) in [4.78, 5) is 42.4. The molecule has 0 fully saturated rings. The van der Waals surface area contributed by atoms with Crippen LogP contribution in [0.4, 0.5) is 0 Å². The Morgan fingerprint density at radius 2 is 1.29 bits per heavy atom. The first kappa shape index (κ1) is 33.5. The summed E-state index contributed by atoms with van der Waals surface area (Å²) in [7, 11) is 5.08. The second-order valence-electron chi connectivity index (χ2n) is 10.6. The number of likely N-dealkylation sites (N-methyl/N-ethyl adjacent to an activating group) is 3. The molecule has 8 nitrogen and oxygen atoms in total. The Hall–Kier alpha value is -1.51. The third kappa shape index (κ3) is 11.0. The molecule has 0 aromatic carbocycles. The molecule has 2 amide bonds. The lowest BCUT2D eigenvalue weighted by Gasteiger charge is -2.39. The molecule has 0 aromatic rings. The highest BCUT2D eigenvalue weighted by atomic mass is 16.3. The molecule has 0 saturated carbocycles. The lowest BCUT2D eigenvalue weighted by Crippen LogP contribution is -2.58. The summed E-state index contributed by atoms with van der Waals surface area (Å²) in [5, 5.41) is 22.3. The van der Waals surface area contributed by atoms with Crippen molar-refractivity contribution in [2.75, 3.05) is 21.1 Å². The SMILES string of the molecule is CC[C@H](C)[C@H](NC)C(=O)N(C)[C@H](C(=O)N(C)[C@H](C=O)[C@@H](C)CCCC(C)O)[C@@H](C)CCCC(C)O. The standard InChI is InChI=1S/C27H53N3O5/c1-10-18(2)24(28-7)26(34)30(9)25(20(4)14-12-16-22(6)33)27(35)29(8)23(17-31)19(3)13-11-15-21(5)32/h17-25,28,32-33H,10-16H2,1-9H3/t18-,19-,20-,21?,22?,23+,24-,25-/m0/s1. The monoisotopic (exact) mass is 499 g/mol. The average Bonchev–Trinajstić information content (AvgIpc) is 2.78. The molecule has 0 aliphatic heterocycles. The summed E-state index contributed by atoms with van der Waals surface area (Å²) in [5.41, 5.74) is 0. The van der Waals surface area contributed by atoms with Crippen molar-refractivity contribution in [3.05, 3.63) is 0 Å². The summed E-state index contributed by atoms with van der Waals surface area (Å²) < 4.78 is 0. The second-order valence-corrected chi connectivity index (χ2v) is 10.6. The summed E-state index contributed by atoms with van der Waals surface area (Å²) >= 11 is 0. The van der Waals surface area contributed by atoms with Crippen LogP contribution in [0.5, 0.6) is 0 Å². The van der Waals surface area contributed by atoms with Crippen molar-refractivity contribution in [3.8, 4) is 0 Å². The number of aliphatic hydroxyl groups is 2. The van der Waals surface area contributed by atoms with E-state index in [0.29, 0.717) is 25.7 Å². The van der Waals surface area contributed by atoms with Gasteiger partial charge in [-0.05, 0) is 64.3 Å². The molecule has 0 bridgehead atoms. The zero-order valence-electron chi connectivity index (χ0n) is 23.7. The Labute approximate surface area is 213 Å². The van der Waals surface area contributed by atoms with Crippen LogP contribution in [-0.2, 0) is 14.4 Å². The van der Waals surface area contributed by atoms with Gasteiger partial charge in [0.15, 0.2) is 0 Å². The molecule has 0 spiro atoms. The Bertz CT molecular complexity index is 628. The van der Waals surface area contributed by atoms with Crippen LogP contribution in [0.2, 0.25) is 0 Å². The van der Waals surface area contributed by atoms with Crippen molar-refractivity contribution < 1.29 is 24.6 Å². The summed E-state index contributed by atoms with van der Waals surface area (Å²) in [5.74, 6) is -0.499. The fraction of sp³-hybridized carbons (Fsp3) is 0.889. The van der Waals surface area contributed by atoms with Gasteiger partial charge in [0.05, 0.1) is 24.3 Å². The highest BCUT2D eigenvalue weighted by Gasteiger charge is 2.39. The first-order chi connectivity index (χ1) is 16.3. The van der Waals surface area contributed by atoms with Crippen molar-refractivity contribution in [2.24, 2.45) is 17.8 Å². The van der Waals surface area contributed by atoms with Gasteiger partial charge in [0.1, 0.15) is 12.3 Å². The number of hydrogen-bond donors (Lipinski definition) is 3. The fourth-order valence-electron chi connectivity index (χ4n) is 4.80. The van der Waals surface area contributed by atoms with E-state index in [1.54, 1.807) is 39.9 Å². The quantitative estimate of drug-likeness (QED) is 0.250. The molecule has 0 heterocycles. The molecule has 35 heavy (non-hydrogen) atoms. The van der Waals surface area contributed by atoms with E-state index in [1.165, 1.54) is 4.90 Å². The van der Waals surface area contributed by atoms with Crippen LogP contribution in [0, 0.1) is 17.8 Å². The minimum atomic E-state index is -0.714. The van der Waals surface area contributed by atoms with Gasteiger partial charge in [0, 0.05) is 14.1 Å². The van der Waals surface area contributed by atoms with E-state index in [1.807, 2.05) is 27.7 Å². The molecule has 0 radical (unpaired) electrons. The molecule has 2 unspecified atom stereocenters. The van der Waals surface area contributed by atoms with Gasteiger partial charge in [0.2, 0.25) is 11.8 Å². The smallest absolute Gasteiger partial charge is 0.245 e. The van der Waals surface area contributed by atoms with Gasteiger partial charge in [-0.1, -0.05) is 47.0 Å². The van der Waals surface area contributed by atoms with Crippen LogP contribution in [0.25, 0.3) is 0 Å². The molecule has 0 aliphatic rings. The van der Waals surface area contributed by atoms with Gasteiger partial charge in [-0.15, -0.1) is 0 Å². The van der Waals surface area contributed by atoms with Crippen molar-refractivity contribution in [3.63, 3.8) is 0 Å². The number of amides is 2. The summed E-state index contributed by atoms with van der Waals surface area (Å²) in [6, 6.07) is -1.73. The third-order valence-electron chi connectivity index (χ3n) is 7.43. The van der Waals surface area contributed by atoms with Crippen LogP contribution < -0.4 is 5.32 Å². The topological polar surface area (TPSA) is 110 Å². The van der Waals surface area contributed by atoms with E-state index in [0.717, 1.165) is 25.5 Å². The Morgan fingerprint density at radius 1 is 0.800 bits per heavy atom. The van der Waals surface area contributed by atoms with E-state index >= 15 is 0 Å². The van der Waals surface area contributed by atoms with Crippen LogP contribution >= 0.6 is 0 Å². The maximum absolute atomic E-state index is 13.8. The number of aliphatic hydroxyl groups excluding tert-OH is 2. The van der Waals surface area contributed by atoms with Gasteiger partial charge in [-0.3, -0.25) is 9.59 Å². The zero-order valence-corrected chi connectivity index (χ0v) is 23.7. The lowest BCUT2D eigenvalue weighted by molar-refractivity contribution is -0.150. The Morgan fingerprint density at radius 3 is 1.69 bits per heavy atom. The van der Waals surface area contributed by atoms with Gasteiger partial charge in [-0.2, -0.15) is 0 Å². The highest BCUT2D eigenvalue weighted by molar-refractivity contribution is 5.91. The minimum absolute atomic E-state index is 0.0717. The van der Waals surface area contributed by atoms with Crippen LogP contribution in [0.1, 0.15) is 86.5 Å². The predicted molar refractivity (Wildman–Crippen MR) is 141 cm³/mol. The van der Waals surface area contributed by atoms with E-state index in [2.05, 4.69) is 5.32 Å². The summed E-state index contributed by atoms with van der Waals surface area (Å²) in [6.07, 6.45) is 5.00. The van der Waals surface area contributed by atoms with Crippen LogP contribution in [0.15, 0.2) is 0 Å². The van der Waals surface area contributed by atoms with Crippen molar-refractivity contribution in [1.82, 2.24) is 15.1 Å². The Balaban J connectivity index is 5.86. The zero-order chi connectivity index (χ0) is 27.3. The maximum Gasteiger partial charge on any atom is 0.245 e. The number of aldehydes is 1. The molecular weight excluding hydrogens is 446 g/mol. The van der Waals surface area contributed by atoms with Crippen molar-refractivity contribution in [2.45, 2.75) is 117 Å². The van der Waals surface area contributed by atoms with Crippen molar-refractivity contribution >= 4 is 18.1 Å². The molecule has 0 saturated heterocycles. The van der Waals surface area contributed by atoms with Crippen LogP contribution in [0.3, 0.4) is 0 Å². The number of carbonyl (C=O) groups is 3. The average molecular weight is 500 g/mol. The maximum atomic E-state index is 13.8. The van der Waals surface area contributed by atoms with Crippen molar-refractivity contribution in [1.29, 1.82) is 0 Å². The third-order valence-corrected chi connectivity index (χ3v) is 7.43. The van der Waals surface area contributed by atoms with Gasteiger partial charge in [0.25, 0.3) is 0 Å². The molecular formula is C27H53N3O5. The Kier molecular flexibility index (Phi) is 16.3. The second kappa shape index (κ2) is 17.0. The summed E-state index contributed by atoms with van der Waals surface area (Å²) in [6.45, 7) is 11.4. The number of rotatable bonds is 18. The molecule has 8 atom stereocenters. The first-order valence-electron chi connectivity index (χ1n) is 13.4. The molecule has 0 aliphatic carbocycles. The first-order valence-corrected chi connectivity index (χ1v) is 13.4. The normalized spacial score (nSPS) is 18.5. The van der Waals surface area contributed by atoms with E-state index in [-0.39, 0.29) is 29.6 Å². The molecule has 0 aromatic heterocycles. The molecule has 206 valence electrons. The van der Waals surface area contributed by atoms with Gasteiger partial charge in [-0.25, -0.2) is 0 Å². The van der Waals surface area contributed by atoms with E-state index in [4.69, 9.17) is 0 Å². The fourth-order valence-corrected chi connectivity index (χ4v) is 4.80. The number of hydrogen-bond acceptors (Lipinski definition) is 6. The van der Waals surface area contributed by atoms with Gasteiger partial charge >= 0.3 is 0 Å².